The van der Waals surface area contributed by atoms with E-state index in [0.29, 0.717) is 0 Å². The maximum atomic E-state index is 11.2. The lowest BCUT2D eigenvalue weighted by molar-refractivity contribution is -0.691. The van der Waals surface area contributed by atoms with E-state index in [9.17, 15) is 4.79 Å². The van der Waals surface area contributed by atoms with E-state index in [-0.39, 0.29) is 29.5 Å². The largest absolute Gasteiger partial charge is 1.00 e. The van der Waals surface area contributed by atoms with Crippen molar-refractivity contribution in [1.82, 2.24) is 4.40 Å². The first-order valence-electron chi connectivity index (χ1n) is 5.17. The Kier molecular flexibility index (Phi) is 4.28. The summed E-state index contributed by atoms with van der Waals surface area (Å²) in [7, 11) is 1.40. The number of nitrogens with zero attached hydrogens (tertiary/aromatic N) is 2. The molecule has 0 N–H and O–H groups in total. The zero-order valence-corrected chi connectivity index (χ0v) is 11.7. The molecule has 0 saturated heterocycles. The molecular formula is C12H15BrN2O2. The van der Waals surface area contributed by atoms with Crippen molar-refractivity contribution in [3.63, 3.8) is 0 Å². The highest BCUT2D eigenvalue weighted by atomic mass is 79.9. The Hall–Kier alpha value is -1.36. The number of halogens is 1. The van der Waals surface area contributed by atoms with E-state index in [0.717, 1.165) is 11.2 Å². The van der Waals surface area contributed by atoms with Crippen LogP contribution in [0.3, 0.4) is 0 Å². The molecule has 0 aliphatic carbocycles. The van der Waals surface area contributed by atoms with Crippen LogP contribution in [0.5, 0.6) is 0 Å². The van der Waals surface area contributed by atoms with Gasteiger partial charge in [0.15, 0.2) is 6.20 Å². The number of esters is 1. The number of hydrogen-bond donors (Lipinski definition) is 0. The number of aromatic nitrogens is 2. The lowest BCUT2D eigenvalue weighted by Gasteiger charge is -2.02. The molecule has 0 unspecified atom stereocenters. The van der Waals surface area contributed by atoms with Crippen molar-refractivity contribution in [3.05, 3.63) is 35.9 Å². The Morgan fingerprint density at radius 2 is 2.12 bits per heavy atom. The molecule has 2 aromatic heterocycles. The Balaban J connectivity index is 0.00000144. The number of carbonyl (C=O) groups is 1. The third kappa shape index (κ3) is 2.49. The number of aryl methyl sites for hydroxylation is 2. The molecule has 0 atom stereocenters. The van der Waals surface area contributed by atoms with Crippen LogP contribution < -0.4 is 21.5 Å². The van der Waals surface area contributed by atoms with Crippen LogP contribution >= 0.6 is 0 Å². The van der Waals surface area contributed by atoms with Gasteiger partial charge in [-0.05, 0) is 19.1 Å². The standard InChI is InChI=1S/C12H15N2O2.BrH/c1-9-4-5-11-10(2)13(6-7-14(9)11)8-12(15)16-3;/h4-7H,8H2,1-3H3;1H/q+1;/p-1. The number of hydrogen-bond acceptors (Lipinski definition) is 2. The average molecular weight is 299 g/mol. The average Bonchev–Trinajstić information content (AvgIpc) is 2.65. The minimum Gasteiger partial charge on any atom is -1.00 e. The molecule has 17 heavy (non-hydrogen) atoms. The predicted molar refractivity (Wildman–Crippen MR) is 59.1 cm³/mol. The van der Waals surface area contributed by atoms with Crippen LogP contribution in [0.4, 0.5) is 0 Å². The van der Waals surface area contributed by atoms with E-state index >= 15 is 0 Å². The van der Waals surface area contributed by atoms with E-state index in [4.69, 9.17) is 0 Å². The predicted octanol–water partition coefficient (Wildman–Crippen LogP) is -1.98. The lowest BCUT2D eigenvalue weighted by Crippen LogP contribution is -3.00. The molecule has 2 heterocycles. The Morgan fingerprint density at radius 3 is 2.76 bits per heavy atom. The fourth-order valence-corrected chi connectivity index (χ4v) is 1.82. The summed E-state index contributed by atoms with van der Waals surface area (Å²) in [5.74, 6) is -0.235. The first kappa shape index (κ1) is 13.7. The van der Waals surface area contributed by atoms with Crippen molar-refractivity contribution < 1.29 is 31.1 Å². The van der Waals surface area contributed by atoms with Crippen molar-refractivity contribution in [1.29, 1.82) is 0 Å². The van der Waals surface area contributed by atoms with Gasteiger partial charge in [0.1, 0.15) is 5.52 Å². The van der Waals surface area contributed by atoms with Crippen LogP contribution in [0.25, 0.3) is 5.52 Å². The van der Waals surface area contributed by atoms with E-state index in [1.165, 1.54) is 12.8 Å². The summed E-state index contributed by atoms with van der Waals surface area (Å²) in [5.41, 5.74) is 3.35. The summed E-state index contributed by atoms with van der Waals surface area (Å²) in [6.07, 6.45) is 3.85. The van der Waals surface area contributed by atoms with Gasteiger partial charge in [0, 0.05) is 12.6 Å². The van der Waals surface area contributed by atoms with Gasteiger partial charge in [0.2, 0.25) is 12.2 Å². The van der Waals surface area contributed by atoms with Crippen molar-refractivity contribution in [2.45, 2.75) is 20.4 Å². The molecule has 0 bridgehead atoms. The van der Waals surface area contributed by atoms with E-state index in [2.05, 4.69) is 28.2 Å². The number of carbonyl (C=O) groups excluding carboxylic acids is 1. The van der Waals surface area contributed by atoms with Crippen LogP contribution in [0, 0.1) is 13.8 Å². The molecule has 0 aliphatic rings. The molecule has 0 saturated carbocycles. The normalized spacial score (nSPS) is 10.1. The quantitative estimate of drug-likeness (QED) is 0.476. The van der Waals surface area contributed by atoms with Crippen molar-refractivity contribution in [2.75, 3.05) is 7.11 Å². The molecule has 0 radical (unpaired) electrons. The van der Waals surface area contributed by atoms with Gasteiger partial charge in [0.05, 0.1) is 13.3 Å². The van der Waals surface area contributed by atoms with Crippen LogP contribution in [0.15, 0.2) is 24.5 Å². The second kappa shape index (κ2) is 5.31. The molecule has 0 spiro atoms. The maximum Gasteiger partial charge on any atom is 0.372 e. The summed E-state index contributed by atoms with van der Waals surface area (Å²) in [6.45, 7) is 4.30. The Morgan fingerprint density at radius 1 is 1.41 bits per heavy atom. The number of methoxy groups -OCH3 is 1. The SMILES string of the molecule is COC(=O)C[n+]1ccn2c(C)ccc2c1C.[Br-]. The summed E-state index contributed by atoms with van der Waals surface area (Å²) in [6, 6.07) is 4.11. The van der Waals surface area contributed by atoms with Gasteiger partial charge in [-0.2, -0.15) is 4.57 Å². The molecule has 0 fully saturated rings. The molecule has 92 valence electrons. The van der Waals surface area contributed by atoms with Crippen LogP contribution in [0.2, 0.25) is 0 Å². The molecular weight excluding hydrogens is 284 g/mol. The third-order valence-electron chi connectivity index (χ3n) is 2.85. The minimum absolute atomic E-state index is 0. The monoisotopic (exact) mass is 298 g/mol. The van der Waals surface area contributed by atoms with Crippen LogP contribution in [-0.4, -0.2) is 17.5 Å². The molecule has 5 heteroatoms. The van der Waals surface area contributed by atoms with E-state index in [1.54, 1.807) is 0 Å². The Labute approximate surface area is 111 Å². The molecule has 2 aromatic rings. The number of ether oxygens (including phenoxy) is 1. The third-order valence-corrected chi connectivity index (χ3v) is 2.85. The van der Waals surface area contributed by atoms with Gasteiger partial charge in [-0.15, -0.1) is 0 Å². The van der Waals surface area contributed by atoms with E-state index < -0.39 is 0 Å². The van der Waals surface area contributed by atoms with Gasteiger partial charge in [-0.3, -0.25) is 0 Å². The van der Waals surface area contributed by atoms with Crippen molar-refractivity contribution in [3.8, 4) is 0 Å². The minimum atomic E-state index is -0.235. The first-order valence-corrected chi connectivity index (χ1v) is 5.17. The lowest BCUT2D eigenvalue weighted by atomic mass is 10.3. The Bertz CT molecular complexity index is 549. The zero-order valence-electron chi connectivity index (χ0n) is 10.1. The highest BCUT2D eigenvalue weighted by Gasteiger charge is 2.15. The molecule has 0 amide bonds. The zero-order chi connectivity index (χ0) is 11.7. The van der Waals surface area contributed by atoms with Crippen LogP contribution in [-0.2, 0) is 16.1 Å². The molecule has 0 aromatic carbocycles. The molecule has 0 aliphatic heterocycles. The van der Waals surface area contributed by atoms with Gasteiger partial charge >= 0.3 is 5.97 Å². The smallest absolute Gasteiger partial charge is 0.372 e. The highest BCUT2D eigenvalue weighted by molar-refractivity contribution is 5.67. The summed E-state index contributed by atoms with van der Waals surface area (Å²) >= 11 is 0. The van der Waals surface area contributed by atoms with Crippen LogP contribution in [0.1, 0.15) is 11.4 Å². The molecule has 4 nitrogen and oxygen atoms in total. The van der Waals surface area contributed by atoms with Crippen molar-refractivity contribution >= 4 is 11.5 Å². The van der Waals surface area contributed by atoms with E-state index in [1.807, 2.05) is 23.9 Å². The van der Waals surface area contributed by atoms with Gasteiger partial charge in [-0.25, -0.2) is 4.79 Å². The summed E-state index contributed by atoms with van der Waals surface area (Å²) < 4.78 is 8.65. The summed E-state index contributed by atoms with van der Waals surface area (Å²) in [5, 5.41) is 0. The van der Waals surface area contributed by atoms with Gasteiger partial charge in [-0.1, -0.05) is 0 Å². The number of fused-ring (bicyclic) bond motifs is 1. The second-order valence-electron chi connectivity index (χ2n) is 3.82. The topological polar surface area (TPSA) is 34.6 Å². The first-order chi connectivity index (χ1) is 7.63. The fourth-order valence-electron chi connectivity index (χ4n) is 1.82. The highest BCUT2D eigenvalue weighted by Crippen LogP contribution is 2.10. The van der Waals surface area contributed by atoms with Gasteiger partial charge < -0.3 is 26.1 Å². The maximum absolute atomic E-state index is 11.2. The number of rotatable bonds is 2. The van der Waals surface area contributed by atoms with Crippen molar-refractivity contribution in [2.24, 2.45) is 0 Å². The molecule has 2 rings (SSSR count). The summed E-state index contributed by atoms with van der Waals surface area (Å²) in [4.78, 5) is 11.2. The second-order valence-corrected chi connectivity index (χ2v) is 3.82. The fraction of sp³-hybridized carbons (Fsp3) is 0.333. The van der Waals surface area contributed by atoms with Gasteiger partial charge in [0.25, 0.3) is 0 Å².